The van der Waals surface area contributed by atoms with E-state index < -0.39 is 12.2 Å². The molecule has 0 saturated carbocycles. The number of benzene rings is 1. The summed E-state index contributed by atoms with van der Waals surface area (Å²) in [6, 6.07) is 5.05. The van der Waals surface area contributed by atoms with E-state index in [1.165, 1.54) is 12.1 Å². The minimum atomic E-state index is -0.559. The van der Waals surface area contributed by atoms with Crippen molar-refractivity contribution in [3.63, 3.8) is 0 Å². The van der Waals surface area contributed by atoms with Gasteiger partial charge in [0.25, 0.3) is 0 Å². The molecule has 2 atom stereocenters. The van der Waals surface area contributed by atoms with Crippen LogP contribution in [0.25, 0.3) is 0 Å². The van der Waals surface area contributed by atoms with Gasteiger partial charge in [-0.3, -0.25) is 9.59 Å². The molecule has 1 aromatic rings. The molecule has 0 spiro atoms. The number of hydrazine groups is 1. The van der Waals surface area contributed by atoms with Gasteiger partial charge in [-0.1, -0.05) is 45.7 Å². The molecule has 2 aliphatic rings. The van der Waals surface area contributed by atoms with Crippen LogP contribution in [0.15, 0.2) is 24.3 Å². The summed E-state index contributed by atoms with van der Waals surface area (Å²) >= 11 is 0. The predicted octanol–water partition coefficient (Wildman–Crippen LogP) is 2.80. The number of unbranched alkanes of at least 4 members (excludes halogenated alkanes) is 1. The van der Waals surface area contributed by atoms with E-state index >= 15 is 0 Å². The number of rotatable bonds is 8. The van der Waals surface area contributed by atoms with Crippen LogP contribution in [0.4, 0.5) is 9.18 Å². The Morgan fingerprint density at radius 1 is 1.21 bits per heavy atom. The second-order valence-corrected chi connectivity index (χ2v) is 9.35. The van der Waals surface area contributed by atoms with Gasteiger partial charge in [0.15, 0.2) is 0 Å². The average molecular weight is 462 g/mol. The third-order valence-electron chi connectivity index (χ3n) is 6.31. The Labute approximate surface area is 195 Å². The highest BCUT2D eigenvalue weighted by Gasteiger charge is 2.50. The highest BCUT2D eigenvalue weighted by Crippen LogP contribution is 2.28. The molecule has 1 aromatic carbocycles. The number of hydrogen-bond donors (Lipinski definition) is 1. The molecule has 4 amide bonds. The first-order chi connectivity index (χ1) is 15.7. The molecule has 3 rings (SSSR count). The van der Waals surface area contributed by atoms with E-state index in [4.69, 9.17) is 0 Å². The number of urea groups is 1. The maximum atomic E-state index is 13.3. The molecule has 9 heteroatoms. The number of nitrogens with zero attached hydrogens (tertiary/aromatic N) is 4. The quantitative estimate of drug-likeness (QED) is 0.646. The minimum Gasteiger partial charge on any atom is -0.337 e. The van der Waals surface area contributed by atoms with Crippen LogP contribution < -0.4 is 5.32 Å². The van der Waals surface area contributed by atoms with Crippen molar-refractivity contribution in [1.82, 2.24) is 25.1 Å². The van der Waals surface area contributed by atoms with E-state index in [2.05, 4.69) is 26.1 Å². The van der Waals surface area contributed by atoms with Gasteiger partial charge in [-0.05, 0) is 36.5 Å². The molecule has 2 fully saturated rings. The number of carbonyl (C=O) groups is 3. The van der Waals surface area contributed by atoms with Gasteiger partial charge in [0.05, 0.1) is 13.1 Å². The normalized spacial score (nSPS) is 21.6. The van der Waals surface area contributed by atoms with Crippen molar-refractivity contribution >= 4 is 17.8 Å². The maximum Gasteiger partial charge on any atom is 0.334 e. The summed E-state index contributed by atoms with van der Waals surface area (Å²) < 4.78 is 13.2. The van der Waals surface area contributed by atoms with Crippen LogP contribution in [0.5, 0.6) is 0 Å². The summed E-state index contributed by atoms with van der Waals surface area (Å²) in [6.07, 6.45) is 2.64. The zero-order valence-electron chi connectivity index (χ0n) is 20.1. The van der Waals surface area contributed by atoms with Gasteiger partial charge in [-0.25, -0.2) is 19.2 Å². The number of halogens is 1. The van der Waals surface area contributed by atoms with Crippen molar-refractivity contribution in [2.75, 3.05) is 26.7 Å². The minimum absolute atomic E-state index is 0.0232. The van der Waals surface area contributed by atoms with Crippen LogP contribution in [-0.4, -0.2) is 76.6 Å². The Morgan fingerprint density at radius 3 is 2.55 bits per heavy atom. The first-order valence-electron chi connectivity index (χ1n) is 11.8. The average Bonchev–Trinajstić information content (AvgIpc) is 2.76. The molecular formula is C24H36FN5O3. The van der Waals surface area contributed by atoms with Crippen LogP contribution in [-0.2, 0) is 16.1 Å². The number of piperazine rings is 1. The van der Waals surface area contributed by atoms with Gasteiger partial charge in [-0.15, -0.1) is 0 Å². The fraction of sp³-hybridized carbons (Fsp3) is 0.625. The van der Waals surface area contributed by atoms with E-state index in [1.807, 2.05) is 4.90 Å². The molecule has 33 heavy (non-hydrogen) atoms. The number of carbonyl (C=O) groups excluding carboxylic acids is 3. The van der Waals surface area contributed by atoms with Gasteiger partial charge >= 0.3 is 6.03 Å². The van der Waals surface area contributed by atoms with E-state index in [-0.39, 0.29) is 43.3 Å². The standard InChI is InChI=1S/C24H36FN5O3/c1-5-6-7-20-23(32)28(13-12-17(2)3)15-21-29(20)22(31)16-27(4)30(21)24(33)26-14-18-8-10-19(25)11-9-18/h8-11,17,20-21H,5-7,12-16H2,1-4H3,(H,26,33)/t20-,21-/m0/s1. The molecule has 8 nitrogen and oxygen atoms in total. The zero-order chi connectivity index (χ0) is 24.1. The third-order valence-corrected chi connectivity index (χ3v) is 6.31. The summed E-state index contributed by atoms with van der Waals surface area (Å²) in [7, 11) is 1.71. The van der Waals surface area contributed by atoms with Crippen molar-refractivity contribution in [2.45, 2.75) is 65.2 Å². The molecule has 0 aromatic heterocycles. The van der Waals surface area contributed by atoms with Crippen LogP contribution in [0, 0.1) is 11.7 Å². The fourth-order valence-corrected chi connectivity index (χ4v) is 4.46. The van der Waals surface area contributed by atoms with Gasteiger partial charge < -0.3 is 15.1 Å². The number of hydrogen-bond acceptors (Lipinski definition) is 4. The summed E-state index contributed by atoms with van der Waals surface area (Å²) in [5.74, 6) is -0.0508. The Hall–Kier alpha value is -2.68. The second kappa shape index (κ2) is 11.0. The van der Waals surface area contributed by atoms with Crippen LogP contribution in [0.2, 0.25) is 0 Å². The Balaban J connectivity index is 1.82. The van der Waals surface area contributed by atoms with Crippen molar-refractivity contribution < 1.29 is 18.8 Å². The molecule has 0 radical (unpaired) electrons. The van der Waals surface area contributed by atoms with Crippen LogP contribution in [0.1, 0.15) is 52.0 Å². The highest BCUT2D eigenvalue weighted by atomic mass is 19.1. The van der Waals surface area contributed by atoms with Crippen molar-refractivity contribution in [2.24, 2.45) is 5.92 Å². The third kappa shape index (κ3) is 5.82. The molecule has 0 unspecified atom stereocenters. The molecule has 1 N–H and O–H groups in total. The smallest absolute Gasteiger partial charge is 0.334 e. The molecular weight excluding hydrogens is 425 g/mol. The predicted molar refractivity (Wildman–Crippen MR) is 123 cm³/mol. The Bertz CT molecular complexity index is 847. The van der Waals surface area contributed by atoms with Gasteiger partial charge in [0.2, 0.25) is 11.8 Å². The summed E-state index contributed by atoms with van der Waals surface area (Å²) in [5, 5.41) is 6.06. The lowest BCUT2D eigenvalue weighted by Crippen LogP contribution is -2.76. The molecule has 2 aliphatic heterocycles. The summed E-state index contributed by atoms with van der Waals surface area (Å²) in [4.78, 5) is 43.0. The first-order valence-corrected chi connectivity index (χ1v) is 11.8. The van der Waals surface area contributed by atoms with Gasteiger partial charge in [0.1, 0.15) is 18.0 Å². The van der Waals surface area contributed by atoms with E-state index in [0.717, 1.165) is 24.8 Å². The maximum absolute atomic E-state index is 13.3. The lowest BCUT2D eigenvalue weighted by atomic mass is 10.00. The van der Waals surface area contributed by atoms with E-state index in [1.54, 1.807) is 34.1 Å². The monoisotopic (exact) mass is 461 g/mol. The zero-order valence-corrected chi connectivity index (χ0v) is 20.1. The lowest BCUT2D eigenvalue weighted by Gasteiger charge is -2.54. The van der Waals surface area contributed by atoms with Crippen molar-refractivity contribution in [3.8, 4) is 0 Å². The Morgan fingerprint density at radius 2 is 1.91 bits per heavy atom. The van der Waals surface area contributed by atoms with Gasteiger partial charge in [0, 0.05) is 20.1 Å². The fourth-order valence-electron chi connectivity index (χ4n) is 4.46. The topological polar surface area (TPSA) is 76.2 Å². The van der Waals surface area contributed by atoms with Crippen LogP contribution >= 0.6 is 0 Å². The lowest BCUT2D eigenvalue weighted by molar-refractivity contribution is -0.187. The molecule has 182 valence electrons. The first kappa shape index (κ1) is 25.0. The number of amides is 4. The highest BCUT2D eigenvalue weighted by molar-refractivity contribution is 5.91. The van der Waals surface area contributed by atoms with Crippen molar-refractivity contribution in [1.29, 1.82) is 0 Å². The van der Waals surface area contributed by atoms with Gasteiger partial charge in [-0.2, -0.15) is 0 Å². The number of fused-ring (bicyclic) bond motifs is 1. The SMILES string of the molecule is CCCC[C@H]1C(=O)N(CCC(C)C)C[C@H]2N1C(=O)CN(C)N2C(=O)NCc1ccc(F)cc1. The summed E-state index contributed by atoms with van der Waals surface area (Å²) in [6.45, 7) is 7.44. The molecule has 2 heterocycles. The molecule has 0 bridgehead atoms. The summed E-state index contributed by atoms with van der Waals surface area (Å²) in [5.41, 5.74) is 0.774. The molecule has 2 saturated heterocycles. The largest absolute Gasteiger partial charge is 0.337 e. The number of likely N-dealkylation sites (N-methyl/N-ethyl adjacent to an activating group) is 1. The second-order valence-electron chi connectivity index (χ2n) is 9.35. The molecule has 0 aliphatic carbocycles. The number of nitrogens with one attached hydrogen (secondary N) is 1. The van der Waals surface area contributed by atoms with Crippen molar-refractivity contribution in [3.05, 3.63) is 35.6 Å². The van der Waals surface area contributed by atoms with Crippen LogP contribution in [0.3, 0.4) is 0 Å². The van der Waals surface area contributed by atoms with E-state index in [9.17, 15) is 18.8 Å². The Kier molecular flexibility index (Phi) is 8.29. The van der Waals surface area contributed by atoms with E-state index in [0.29, 0.717) is 18.9 Å².